The molecule has 1 N–H and O–H groups in total. The van der Waals surface area contributed by atoms with E-state index in [9.17, 15) is 9.59 Å². The van der Waals surface area contributed by atoms with Gasteiger partial charge in [-0.15, -0.1) is 11.3 Å². The molecule has 116 valence electrons. The number of carbonyl (C=O) groups is 2. The van der Waals surface area contributed by atoms with Crippen molar-refractivity contribution in [2.45, 2.75) is 38.9 Å². The maximum atomic E-state index is 12.4. The van der Waals surface area contributed by atoms with Gasteiger partial charge in [-0.05, 0) is 24.8 Å². The van der Waals surface area contributed by atoms with Crippen molar-refractivity contribution in [2.24, 2.45) is 0 Å². The first kappa shape index (κ1) is 14.8. The average molecular weight is 318 g/mol. The molecular weight excluding hydrogens is 300 g/mol. The highest BCUT2D eigenvalue weighted by Gasteiger charge is 2.36. The van der Waals surface area contributed by atoms with Crippen molar-refractivity contribution in [1.82, 2.24) is 14.7 Å². The number of thiophene rings is 1. The van der Waals surface area contributed by atoms with E-state index < -0.39 is 6.04 Å². The maximum absolute atomic E-state index is 12.4. The van der Waals surface area contributed by atoms with Crippen molar-refractivity contribution in [1.29, 1.82) is 0 Å². The van der Waals surface area contributed by atoms with Gasteiger partial charge in [0.2, 0.25) is 11.8 Å². The fraction of sp³-hybridized carbons (Fsp3) is 0.400. The fourth-order valence-electron chi connectivity index (χ4n) is 2.59. The summed E-state index contributed by atoms with van der Waals surface area (Å²) in [5, 5.41) is 9.03. The molecule has 1 fully saturated rings. The van der Waals surface area contributed by atoms with Gasteiger partial charge in [0.25, 0.3) is 0 Å². The summed E-state index contributed by atoms with van der Waals surface area (Å²) < 4.78 is 1.75. The number of hydrogen-bond acceptors (Lipinski definition) is 4. The summed E-state index contributed by atoms with van der Waals surface area (Å²) in [6, 6.07) is 5.28. The number of nitrogens with one attached hydrogen (secondary N) is 1. The van der Waals surface area contributed by atoms with Crippen LogP contribution in [0.25, 0.3) is 0 Å². The number of anilines is 1. The standard InChI is InChI=1S/C15H18N4O2S/c1-2-18-8-7-13(17-18)16-15(21)12-5-6-14(20)19(12)10-11-4-3-9-22-11/h3-4,7-9,12H,2,5-6,10H2,1H3,(H,16,17,21). The molecule has 0 saturated carbocycles. The van der Waals surface area contributed by atoms with Crippen molar-refractivity contribution < 1.29 is 9.59 Å². The van der Waals surface area contributed by atoms with Crippen molar-refractivity contribution >= 4 is 29.0 Å². The molecule has 2 amide bonds. The number of likely N-dealkylation sites (tertiary alicyclic amines) is 1. The zero-order valence-corrected chi connectivity index (χ0v) is 13.2. The highest BCUT2D eigenvalue weighted by molar-refractivity contribution is 7.09. The third kappa shape index (κ3) is 3.04. The van der Waals surface area contributed by atoms with Gasteiger partial charge in [0, 0.05) is 30.1 Å². The van der Waals surface area contributed by atoms with Crippen LogP contribution in [-0.2, 0) is 22.7 Å². The van der Waals surface area contributed by atoms with Crippen LogP contribution in [0, 0.1) is 0 Å². The molecular formula is C15H18N4O2S. The first-order valence-corrected chi connectivity index (χ1v) is 8.21. The molecule has 0 spiro atoms. The summed E-state index contributed by atoms with van der Waals surface area (Å²) in [6.45, 7) is 3.23. The van der Waals surface area contributed by atoms with E-state index in [0.717, 1.165) is 11.4 Å². The van der Waals surface area contributed by atoms with Crippen LogP contribution >= 0.6 is 11.3 Å². The molecule has 2 aromatic rings. The Hall–Kier alpha value is -2.15. The Balaban J connectivity index is 1.68. The van der Waals surface area contributed by atoms with Crippen molar-refractivity contribution in [3.8, 4) is 0 Å². The molecule has 1 atom stereocenters. The minimum atomic E-state index is -0.415. The summed E-state index contributed by atoms with van der Waals surface area (Å²) in [5.74, 6) is 0.402. The van der Waals surface area contributed by atoms with Crippen LogP contribution in [-0.4, -0.2) is 32.5 Å². The van der Waals surface area contributed by atoms with Crippen LogP contribution in [0.3, 0.4) is 0 Å². The van der Waals surface area contributed by atoms with Gasteiger partial charge >= 0.3 is 0 Å². The van der Waals surface area contributed by atoms with Crippen molar-refractivity contribution in [2.75, 3.05) is 5.32 Å². The molecule has 2 aromatic heterocycles. The molecule has 0 aromatic carbocycles. The second-order valence-corrected chi connectivity index (χ2v) is 6.23. The lowest BCUT2D eigenvalue weighted by Gasteiger charge is -2.23. The molecule has 1 aliphatic heterocycles. The predicted molar refractivity (Wildman–Crippen MR) is 84.4 cm³/mol. The minimum absolute atomic E-state index is 0.0348. The number of aryl methyl sites for hydroxylation is 1. The maximum Gasteiger partial charge on any atom is 0.248 e. The number of hydrogen-bond donors (Lipinski definition) is 1. The van der Waals surface area contributed by atoms with Gasteiger partial charge in [0.15, 0.2) is 5.82 Å². The van der Waals surface area contributed by atoms with E-state index in [1.807, 2.05) is 30.6 Å². The Kier molecular flexibility index (Phi) is 4.24. The van der Waals surface area contributed by atoms with Crippen LogP contribution in [0.5, 0.6) is 0 Å². The number of nitrogens with zero attached hydrogens (tertiary/aromatic N) is 3. The predicted octanol–water partition coefficient (Wildman–Crippen LogP) is 2.09. The molecule has 0 aliphatic carbocycles. The van der Waals surface area contributed by atoms with Gasteiger partial charge in [0.05, 0.1) is 6.54 Å². The van der Waals surface area contributed by atoms with Gasteiger partial charge in [-0.3, -0.25) is 14.3 Å². The Morgan fingerprint density at radius 2 is 2.36 bits per heavy atom. The largest absolute Gasteiger partial charge is 0.325 e. The molecule has 0 radical (unpaired) electrons. The third-order valence-electron chi connectivity index (χ3n) is 3.75. The first-order valence-electron chi connectivity index (χ1n) is 7.33. The van der Waals surface area contributed by atoms with Crippen LogP contribution in [0.2, 0.25) is 0 Å². The Bertz CT molecular complexity index is 665. The summed E-state index contributed by atoms with van der Waals surface area (Å²) in [4.78, 5) is 27.2. The van der Waals surface area contributed by atoms with Crippen LogP contribution in [0.15, 0.2) is 29.8 Å². The molecule has 1 saturated heterocycles. The monoisotopic (exact) mass is 318 g/mol. The summed E-state index contributed by atoms with van der Waals surface area (Å²) >= 11 is 1.59. The molecule has 3 heterocycles. The number of amides is 2. The number of rotatable bonds is 5. The van der Waals surface area contributed by atoms with Gasteiger partial charge in [0.1, 0.15) is 6.04 Å². The SMILES string of the molecule is CCn1ccc(NC(=O)C2CCC(=O)N2Cc2cccs2)n1. The van der Waals surface area contributed by atoms with Crippen LogP contribution < -0.4 is 5.32 Å². The highest BCUT2D eigenvalue weighted by atomic mass is 32.1. The zero-order chi connectivity index (χ0) is 15.5. The quantitative estimate of drug-likeness (QED) is 0.918. The van der Waals surface area contributed by atoms with E-state index in [1.54, 1.807) is 27.0 Å². The van der Waals surface area contributed by atoms with Gasteiger partial charge in [-0.2, -0.15) is 5.10 Å². The van der Waals surface area contributed by atoms with Gasteiger partial charge in [-0.1, -0.05) is 6.07 Å². The zero-order valence-electron chi connectivity index (χ0n) is 12.4. The van der Waals surface area contributed by atoms with Crippen LogP contribution in [0.4, 0.5) is 5.82 Å². The molecule has 6 nitrogen and oxygen atoms in total. The van der Waals surface area contributed by atoms with E-state index in [1.165, 1.54) is 0 Å². The van der Waals surface area contributed by atoms with Gasteiger partial charge in [-0.25, -0.2) is 0 Å². The Morgan fingerprint density at radius 3 is 3.05 bits per heavy atom. The highest BCUT2D eigenvalue weighted by Crippen LogP contribution is 2.24. The topological polar surface area (TPSA) is 67.2 Å². The van der Waals surface area contributed by atoms with E-state index in [0.29, 0.717) is 25.2 Å². The lowest BCUT2D eigenvalue weighted by molar-refractivity contribution is -0.133. The normalized spacial score (nSPS) is 18.0. The Labute approximate surface area is 132 Å². The number of aromatic nitrogens is 2. The first-order chi connectivity index (χ1) is 10.7. The van der Waals surface area contributed by atoms with E-state index in [4.69, 9.17) is 0 Å². The molecule has 3 rings (SSSR count). The lowest BCUT2D eigenvalue weighted by Crippen LogP contribution is -2.41. The fourth-order valence-corrected chi connectivity index (χ4v) is 3.29. The molecule has 1 unspecified atom stereocenters. The van der Waals surface area contributed by atoms with Gasteiger partial charge < -0.3 is 10.2 Å². The number of carbonyl (C=O) groups excluding carboxylic acids is 2. The summed E-state index contributed by atoms with van der Waals surface area (Å²) in [6.07, 6.45) is 2.80. The molecule has 22 heavy (non-hydrogen) atoms. The smallest absolute Gasteiger partial charge is 0.248 e. The van der Waals surface area contributed by atoms with Crippen LogP contribution in [0.1, 0.15) is 24.6 Å². The average Bonchev–Trinajstić information content (AvgIpc) is 3.22. The lowest BCUT2D eigenvalue weighted by atomic mass is 10.2. The Morgan fingerprint density at radius 1 is 1.50 bits per heavy atom. The molecule has 7 heteroatoms. The second-order valence-electron chi connectivity index (χ2n) is 5.20. The van der Waals surface area contributed by atoms with E-state index >= 15 is 0 Å². The van der Waals surface area contributed by atoms with E-state index in [2.05, 4.69) is 10.4 Å². The van der Waals surface area contributed by atoms with Crippen molar-refractivity contribution in [3.63, 3.8) is 0 Å². The summed E-state index contributed by atoms with van der Waals surface area (Å²) in [5.41, 5.74) is 0. The van der Waals surface area contributed by atoms with E-state index in [-0.39, 0.29) is 11.8 Å². The minimum Gasteiger partial charge on any atom is -0.325 e. The third-order valence-corrected chi connectivity index (χ3v) is 4.61. The summed E-state index contributed by atoms with van der Waals surface area (Å²) in [7, 11) is 0. The second kappa shape index (κ2) is 6.31. The molecule has 1 aliphatic rings. The molecule has 0 bridgehead atoms. The van der Waals surface area contributed by atoms with Crippen molar-refractivity contribution in [3.05, 3.63) is 34.7 Å².